The Morgan fingerprint density at radius 2 is 1.72 bits per heavy atom. The Balaban J connectivity index is 1.63. The minimum atomic E-state index is -0.600. The number of carbonyl (C=O) groups is 2. The number of anilines is 1. The average Bonchev–Trinajstić information content (AvgIpc) is 2.89. The van der Waals surface area contributed by atoms with Gasteiger partial charge in [-0.3, -0.25) is 9.59 Å². The zero-order valence-electron chi connectivity index (χ0n) is 20.7. The summed E-state index contributed by atoms with van der Waals surface area (Å²) in [6.45, 7) is 5.38. The van der Waals surface area contributed by atoms with Crippen LogP contribution in [0.15, 0.2) is 60.7 Å². The molecular weight excluding hydrogens is 456 g/mol. The molecule has 7 heteroatoms. The second-order valence-corrected chi connectivity index (χ2v) is 8.84. The highest BCUT2D eigenvalue weighted by Crippen LogP contribution is 2.48. The topological polar surface area (TPSA) is 77.1 Å². The van der Waals surface area contributed by atoms with Crippen molar-refractivity contribution in [2.75, 3.05) is 32.2 Å². The second-order valence-electron chi connectivity index (χ2n) is 8.84. The molecule has 0 unspecified atom stereocenters. The molecule has 3 aromatic rings. The first-order valence-corrected chi connectivity index (χ1v) is 12.3. The Hall–Kier alpha value is -4.00. The average molecular weight is 487 g/mol. The third kappa shape index (κ3) is 4.15. The Kier molecular flexibility index (Phi) is 6.55. The van der Waals surface area contributed by atoms with Crippen LogP contribution < -0.4 is 19.5 Å². The molecule has 0 saturated carbocycles. The van der Waals surface area contributed by atoms with Crippen molar-refractivity contribution in [1.29, 1.82) is 0 Å². The van der Waals surface area contributed by atoms with Crippen molar-refractivity contribution in [2.45, 2.75) is 32.2 Å². The van der Waals surface area contributed by atoms with Gasteiger partial charge in [0.15, 0.2) is 11.5 Å². The van der Waals surface area contributed by atoms with Crippen LogP contribution in [0.25, 0.3) is 0 Å². The molecule has 7 nitrogen and oxygen atoms in total. The number of amides is 2. The van der Waals surface area contributed by atoms with Gasteiger partial charge in [-0.05, 0) is 67.3 Å². The van der Waals surface area contributed by atoms with E-state index in [2.05, 4.69) is 5.32 Å². The van der Waals surface area contributed by atoms with Crippen LogP contribution in [0.3, 0.4) is 0 Å². The summed E-state index contributed by atoms with van der Waals surface area (Å²) < 4.78 is 17.1. The lowest BCUT2D eigenvalue weighted by molar-refractivity contribution is -0.119. The minimum Gasteiger partial charge on any atom is -0.497 e. The van der Waals surface area contributed by atoms with Crippen LogP contribution in [0.5, 0.6) is 17.2 Å². The molecule has 2 amide bonds. The lowest BCUT2D eigenvalue weighted by atomic mass is 9.75. The molecule has 2 atom stereocenters. The Morgan fingerprint density at radius 3 is 2.47 bits per heavy atom. The van der Waals surface area contributed by atoms with Gasteiger partial charge in [-0.1, -0.05) is 24.3 Å². The van der Waals surface area contributed by atoms with E-state index in [0.717, 1.165) is 16.7 Å². The molecule has 0 fully saturated rings. The van der Waals surface area contributed by atoms with Gasteiger partial charge in [0.1, 0.15) is 5.75 Å². The van der Waals surface area contributed by atoms with Crippen molar-refractivity contribution < 1.29 is 23.8 Å². The van der Waals surface area contributed by atoms with Crippen molar-refractivity contribution in [1.82, 2.24) is 4.90 Å². The number of benzene rings is 3. The number of hydrogen-bond donors (Lipinski definition) is 1. The van der Waals surface area contributed by atoms with Gasteiger partial charge in [0.25, 0.3) is 5.91 Å². The number of nitrogens with one attached hydrogen (secondary N) is 1. The number of hydrogen-bond acceptors (Lipinski definition) is 5. The Bertz CT molecular complexity index is 1300. The summed E-state index contributed by atoms with van der Waals surface area (Å²) in [7, 11) is 1.59. The van der Waals surface area contributed by atoms with Crippen LogP contribution in [0.2, 0.25) is 0 Å². The number of ether oxygens (including phenoxy) is 3. The highest BCUT2D eigenvalue weighted by molar-refractivity contribution is 6.04. The molecule has 0 bridgehead atoms. The molecule has 0 aromatic heterocycles. The number of carbonyl (C=O) groups excluding carboxylic acids is 2. The van der Waals surface area contributed by atoms with Gasteiger partial charge in [0.05, 0.1) is 32.3 Å². The molecule has 1 N–H and O–H groups in total. The normalized spacial score (nSPS) is 18.0. The number of fused-ring (bicyclic) bond motifs is 4. The van der Waals surface area contributed by atoms with E-state index in [1.165, 1.54) is 0 Å². The molecule has 0 spiro atoms. The zero-order chi connectivity index (χ0) is 25.2. The maximum absolute atomic E-state index is 13.9. The summed E-state index contributed by atoms with van der Waals surface area (Å²) in [6, 6.07) is 18.2. The Morgan fingerprint density at radius 1 is 0.972 bits per heavy atom. The van der Waals surface area contributed by atoms with E-state index in [1.54, 1.807) is 19.2 Å². The highest BCUT2D eigenvalue weighted by Gasteiger charge is 2.46. The van der Waals surface area contributed by atoms with Crippen molar-refractivity contribution in [3.63, 3.8) is 0 Å². The lowest BCUT2D eigenvalue weighted by Crippen LogP contribution is -2.49. The third-order valence-corrected chi connectivity index (χ3v) is 6.80. The van der Waals surface area contributed by atoms with Crippen LogP contribution >= 0.6 is 0 Å². The Labute approximate surface area is 211 Å². The molecule has 36 heavy (non-hydrogen) atoms. The SMILES string of the molecule is CCOc1cc2c(cc1OCC)[C@@H]1[C@H](C(=O)Nc3cccc(OC)c3)c3ccccc3C(=O)N1CC2. The van der Waals surface area contributed by atoms with Gasteiger partial charge in [-0.15, -0.1) is 0 Å². The van der Waals surface area contributed by atoms with E-state index >= 15 is 0 Å². The van der Waals surface area contributed by atoms with Crippen molar-refractivity contribution in [3.8, 4) is 17.2 Å². The molecule has 0 radical (unpaired) electrons. The number of methoxy groups -OCH3 is 1. The van der Waals surface area contributed by atoms with E-state index in [1.807, 2.05) is 67.3 Å². The first-order chi connectivity index (χ1) is 17.5. The van der Waals surface area contributed by atoms with Gasteiger partial charge in [-0.2, -0.15) is 0 Å². The van der Waals surface area contributed by atoms with Crippen LogP contribution in [0.4, 0.5) is 5.69 Å². The van der Waals surface area contributed by atoms with Gasteiger partial charge in [-0.25, -0.2) is 0 Å². The standard InChI is InChI=1S/C29H30N2O5/c1-4-35-24-15-18-13-14-31-27(23(18)17-25(24)36-5-2)26(21-11-6-7-12-22(21)29(31)33)28(32)30-19-9-8-10-20(16-19)34-3/h6-12,15-17,26-27H,4-5,13-14H2,1-3H3,(H,30,32)/t26-,27-/m1/s1. The van der Waals surface area contributed by atoms with Gasteiger partial charge < -0.3 is 24.4 Å². The zero-order valence-corrected chi connectivity index (χ0v) is 20.7. The quantitative estimate of drug-likeness (QED) is 0.510. The van der Waals surface area contributed by atoms with Gasteiger partial charge in [0, 0.05) is 23.9 Å². The highest BCUT2D eigenvalue weighted by atomic mass is 16.5. The summed E-state index contributed by atoms with van der Waals surface area (Å²) in [5.74, 6) is 1.12. The van der Waals surface area contributed by atoms with Gasteiger partial charge >= 0.3 is 0 Å². The monoisotopic (exact) mass is 486 g/mol. The predicted octanol–water partition coefficient (Wildman–Crippen LogP) is 4.97. The second kappa shape index (κ2) is 9.93. The van der Waals surface area contributed by atoms with E-state index in [9.17, 15) is 9.59 Å². The first kappa shape index (κ1) is 23.7. The third-order valence-electron chi connectivity index (χ3n) is 6.80. The lowest BCUT2D eigenvalue weighted by Gasteiger charge is -2.45. The van der Waals surface area contributed by atoms with E-state index < -0.39 is 12.0 Å². The van der Waals surface area contributed by atoms with Crippen molar-refractivity contribution in [2.24, 2.45) is 0 Å². The fourth-order valence-corrected chi connectivity index (χ4v) is 5.27. The summed E-state index contributed by atoms with van der Waals surface area (Å²) in [6.07, 6.45) is 0.677. The molecule has 0 aliphatic carbocycles. The largest absolute Gasteiger partial charge is 0.497 e. The van der Waals surface area contributed by atoms with Crippen LogP contribution in [0, 0.1) is 0 Å². The molecule has 2 aliphatic heterocycles. The smallest absolute Gasteiger partial charge is 0.254 e. The van der Waals surface area contributed by atoms with Crippen LogP contribution in [-0.2, 0) is 11.2 Å². The van der Waals surface area contributed by atoms with E-state index in [4.69, 9.17) is 14.2 Å². The summed E-state index contributed by atoms with van der Waals surface area (Å²) in [5, 5.41) is 3.06. The van der Waals surface area contributed by atoms with Crippen LogP contribution in [-0.4, -0.2) is 43.6 Å². The molecular formula is C29H30N2O5. The number of nitrogens with zero attached hydrogens (tertiary/aromatic N) is 1. The number of rotatable bonds is 7. The summed E-state index contributed by atoms with van der Waals surface area (Å²) >= 11 is 0. The van der Waals surface area contributed by atoms with E-state index in [-0.39, 0.29) is 11.8 Å². The predicted molar refractivity (Wildman–Crippen MR) is 137 cm³/mol. The fourth-order valence-electron chi connectivity index (χ4n) is 5.27. The van der Waals surface area contributed by atoms with Crippen LogP contribution in [0.1, 0.15) is 52.9 Å². The van der Waals surface area contributed by atoms with E-state index in [0.29, 0.717) is 54.7 Å². The summed E-state index contributed by atoms with van der Waals surface area (Å²) in [5.41, 5.74) is 3.91. The first-order valence-electron chi connectivity index (χ1n) is 12.3. The minimum absolute atomic E-state index is 0.0569. The molecule has 5 rings (SSSR count). The molecule has 3 aromatic carbocycles. The van der Waals surface area contributed by atoms with Crippen molar-refractivity contribution in [3.05, 3.63) is 82.9 Å². The summed E-state index contributed by atoms with van der Waals surface area (Å²) in [4.78, 5) is 29.3. The fraction of sp³-hybridized carbons (Fsp3) is 0.310. The van der Waals surface area contributed by atoms with Gasteiger partial charge in [0.2, 0.25) is 5.91 Å². The van der Waals surface area contributed by atoms with Crippen molar-refractivity contribution >= 4 is 17.5 Å². The molecule has 0 saturated heterocycles. The molecule has 186 valence electrons. The molecule has 2 heterocycles. The maximum atomic E-state index is 13.9. The maximum Gasteiger partial charge on any atom is 0.254 e. The molecule has 2 aliphatic rings.